The molecule has 2 saturated heterocycles. The van der Waals surface area contributed by atoms with Crippen LogP contribution in [-0.4, -0.2) is 42.1 Å². The number of nitrogens with one attached hydrogen (secondary N) is 1. The van der Waals surface area contributed by atoms with Gasteiger partial charge in [-0.3, -0.25) is 4.79 Å². The standard InChI is InChI=1S/C18H25ClN2O2.ClH/c1-12(15-10-20-11-15)18(23)21-8-6-14(7-9-21)17(22)13-2-4-16(19)5-3-13;/h2-5,12,14-15,17,20,22H,6-11H2,1H3;1H. The topological polar surface area (TPSA) is 52.6 Å². The van der Waals surface area contributed by atoms with E-state index in [1.54, 1.807) is 0 Å². The van der Waals surface area contributed by atoms with Gasteiger partial charge in [0.15, 0.2) is 0 Å². The van der Waals surface area contributed by atoms with Crippen molar-refractivity contribution in [3.8, 4) is 0 Å². The summed E-state index contributed by atoms with van der Waals surface area (Å²) in [7, 11) is 0. The van der Waals surface area contributed by atoms with Gasteiger partial charge in [-0.05, 0) is 55.5 Å². The first-order valence-electron chi connectivity index (χ1n) is 8.49. The molecule has 24 heavy (non-hydrogen) atoms. The number of aliphatic hydroxyl groups is 1. The fourth-order valence-electron chi connectivity index (χ4n) is 3.52. The van der Waals surface area contributed by atoms with Crippen LogP contribution in [0.5, 0.6) is 0 Å². The second-order valence-corrected chi connectivity index (χ2v) is 7.30. The minimum Gasteiger partial charge on any atom is -0.388 e. The van der Waals surface area contributed by atoms with E-state index in [-0.39, 0.29) is 30.2 Å². The van der Waals surface area contributed by atoms with Crippen LogP contribution in [0.3, 0.4) is 0 Å². The first-order chi connectivity index (χ1) is 11.1. The van der Waals surface area contributed by atoms with E-state index < -0.39 is 6.10 Å². The molecule has 0 bridgehead atoms. The lowest BCUT2D eigenvalue weighted by molar-refractivity contribution is -0.139. The smallest absolute Gasteiger partial charge is 0.225 e. The predicted octanol–water partition coefficient (Wildman–Crippen LogP) is 2.89. The number of hydrogen-bond acceptors (Lipinski definition) is 3. The van der Waals surface area contributed by atoms with Gasteiger partial charge in [-0.2, -0.15) is 0 Å². The molecule has 0 radical (unpaired) electrons. The van der Waals surface area contributed by atoms with Gasteiger partial charge >= 0.3 is 0 Å². The monoisotopic (exact) mass is 372 g/mol. The molecule has 1 aromatic rings. The molecule has 2 aliphatic heterocycles. The number of piperidine rings is 1. The lowest BCUT2D eigenvalue weighted by Gasteiger charge is -2.39. The Morgan fingerprint density at radius 3 is 2.29 bits per heavy atom. The maximum Gasteiger partial charge on any atom is 0.225 e. The van der Waals surface area contributed by atoms with Gasteiger partial charge in [0.05, 0.1) is 6.10 Å². The third kappa shape index (κ3) is 4.23. The molecule has 1 amide bonds. The summed E-state index contributed by atoms with van der Waals surface area (Å²) in [6, 6.07) is 7.40. The third-order valence-corrected chi connectivity index (χ3v) is 5.67. The van der Waals surface area contributed by atoms with Gasteiger partial charge in [0.25, 0.3) is 0 Å². The van der Waals surface area contributed by atoms with E-state index in [0.717, 1.165) is 44.6 Å². The van der Waals surface area contributed by atoms with Gasteiger partial charge in [-0.1, -0.05) is 30.7 Å². The van der Waals surface area contributed by atoms with Crippen molar-refractivity contribution in [1.29, 1.82) is 0 Å². The van der Waals surface area contributed by atoms with E-state index in [9.17, 15) is 9.90 Å². The van der Waals surface area contributed by atoms with Crippen molar-refractivity contribution in [2.24, 2.45) is 17.8 Å². The summed E-state index contributed by atoms with van der Waals surface area (Å²) in [5.41, 5.74) is 0.910. The molecular formula is C18H26Cl2N2O2. The zero-order chi connectivity index (χ0) is 16.4. The molecular weight excluding hydrogens is 347 g/mol. The summed E-state index contributed by atoms with van der Waals surface area (Å²) in [4.78, 5) is 14.5. The minimum atomic E-state index is -0.474. The molecule has 0 aromatic heterocycles. The van der Waals surface area contributed by atoms with Gasteiger partial charge in [-0.25, -0.2) is 0 Å². The van der Waals surface area contributed by atoms with Gasteiger partial charge in [-0.15, -0.1) is 12.4 Å². The number of carbonyl (C=O) groups excluding carboxylic acids is 1. The van der Waals surface area contributed by atoms with Crippen molar-refractivity contribution in [1.82, 2.24) is 10.2 Å². The predicted molar refractivity (Wildman–Crippen MR) is 98.5 cm³/mol. The van der Waals surface area contributed by atoms with E-state index in [0.29, 0.717) is 10.9 Å². The molecule has 134 valence electrons. The van der Waals surface area contributed by atoms with E-state index in [2.05, 4.69) is 5.32 Å². The van der Waals surface area contributed by atoms with Crippen molar-refractivity contribution in [3.05, 3.63) is 34.9 Å². The number of nitrogens with zero attached hydrogens (tertiary/aromatic N) is 1. The van der Waals surface area contributed by atoms with Crippen molar-refractivity contribution >= 4 is 29.9 Å². The zero-order valence-corrected chi connectivity index (χ0v) is 15.5. The van der Waals surface area contributed by atoms with E-state index in [1.807, 2.05) is 36.1 Å². The number of halogens is 2. The molecule has 2 heterocycles. The number of amides is 1. The number of likely N-dealkylation sites (tertiary alicyclic amines) is 1. The van der Waals surface area contributed by atoms with Crippen LogP contribution in [0.1, 0.15) is 31.4 Å². The normalized spacial score (nSPS) is 21.5. The summed E-state index contributed by atoms with van der Waals surface area (Å²) in [5, 5.41) is 14.5. The molecule has 0 aliphatic carbocycles. The Balaban J connectivity index is 0.00000208. The van der Waals surface area contributed by atoms with Crippen LogP contribution in [0.25, 0.3) is 0 Å². The molecule has 2 aliphatic rings. The van der Waals surface area contributed by atoms with Gasteiger partial charge in [0.1, 0.15) is 0 Å². The number of hydrogen-bond donors (Lipinski definition) is 2. The second-order valence-electron chi connectivity index (χ2n) is 6.87. The fraction of sp³-hybridized carbons (Fsp3) is 0.611. The zero-order valence-electron chi connectivity index (χ0n) is 14.0. The summed E-state index contributed by atoms with van der Waals surface area (Å²) in [6.07, 6.45) is 1.23. The molecule has 4 nitrogen and oxygen atoms in total. The second kappa shape index (κ2) is 8.52. The highest BCUT2D eigenvalue weighted by Gasteiger charge is 2.34. The van der Waals surface area contributed by atoms with Crippen LogP contribution in [0.2, 0.25) is 5.02 Å². The first kappa shape index (κ1) is 19.5. The number of rotatable bonds is 4. The molecule has 2 unspecified atom stereocenters. The maximum absolute atomic E-state index is 12.5. The summed E-state index contributed by atoms with van der Waals surface area (Å²) in [6.45, 7) is 5.46. The van der Waals surface area contributed by atoms with Gasteiger partial charge in [0.2, 0.25) is 5.91 Å². The Bertz CT molecular complexity index is 540. The molecule has 0 saturated carbocycles. The lowest BCUT2D eigenvalue weighted by Crippen LogP contribution is -2.51. The average molecular weight is 373 g/mol. The highest BCUT2D eigenvalue weighted by Crippen LogP contribution is 2.32. The molecule has 2 N–H and O–H groups in total. The number of carbonyl (C=O) groups is 1. The maximum atomic E-state index is 12.5. The molecule has 2 atom stereocenters. The number of aliphatic hydroxyl groups excluding tert-OH is 1. The van der Waals surface area contributed by atoms with Crippen LogP contribution < -0.4 is 5.32 Å². The van der Waals surface area contributed by atoms with E-state index in [4.69, 9.17) is 11.6 Å². The Morgan fingerprint density at radius 2 is 1.79 bits per heavy atom. The highest BCUT2D eigenvalue weighted by atomic mass is 35.5. The molecule has 3 rings (SSSR count). The van der Waals surface area contributed by atoms with Gasteiger partial charge < -0.3 is 15.3 Å². The Morgan fingerprint density at radius 1 is 1.21 bits per heavy atom. The molecule has 6 heteroatoms. The van der Waals surface area contributed by atoms with Crippen molar-refractivity contribution < 1.29 is 9.90 Å². The van der Waals surface area contributed by atoms with E-state index in [1.165, 1.54) is 0 Å². The van der Waals surface area contributed by atoms with Crippen LogP contribution in [0.15, 0.2) is 24.3 Å². The summed E-state index contributed by atoms with van der Waals surface area (Å²) < 4.78 is 0. The van der Waals surface area contributed by atoms with Crippen LogP contribution in [-0.2, 0) is 4.79 Å². The van der Waals surface area contributed by atoms with Crippen LogP contribution in [0.4, 0.5) is 0 Å². The Labute approximate surface area is 155 Å². The third-order valence-electron chi connectivity index (χ3n) is 5.42. The van der Waals surface area contributed by atoms with Crippen molar-refractivity contribution in [2.75, 3.05) is 26.2 Å². The van der Waals surface area contributed by atoms with Crippen molar-refractivity contribution in [3.63, 3.8) is 0 Å². The minimum absolute atomic E-state index is 0. The lowest BCUT2D eigenvalue weighted by atomic mass is 9.85. The Hall–Kier alpha value is -0.810. The van der Waals surface area contributed by atoms with Gasteiger partial charge in [0, 0.05) is 24.0 Å². The van der Waals surface area contributed by atoms with Crippen LogP contribution >= 0.6 is 24.0 Å². The summed E-state index contributed by atoms with van der Waals surface area (Å²) in [5.74, 6) is 1.07. The molecule has 2 fully saturated rings. The SMILES string of the molecule is CC(C(=O)N1CCC(C(O)c2ccc(Cl)cc2)CC1)C1CNC1.Cl. The van der Waals surface area contributed by atoms with E-state index >= 15 is 0 Å². The van der Waals surface area contributed by atoms with Crippen molar-refractivity contribution in [2.45, 2.75) is 25.9 Å². The molecule has 0 spiro atoms. The summed E-state index contributed by atoms with van der Waals surface area (Å²) >= 11 is 5.90. The Kier molecular flexibility index (Phi) is 6.93. The average Bonchev–Trinajstić information content (AvgIpc) is 2.53. The number of benzene rings is 1. The highest BCUT2D eigenvalue weighted by molar-refractivity contribution is 6.30. The quantitative estimate of drug-likeness (QED) is 0.854. The van der Waals surface area contributed by atoms with Crippen LogP contribution in [0, 0.1) is 17.8 Å². The largest absolute Gasteiger partial charge is 0.388 e. The molecule has 1 aromatic carbocycles. The fourth-order valence-corrected chi connectivity index (χ4v) is 3.65. The first-order valence-corrected chi connectivity index (χ1v) is 8.87.